The van der Waals surface area contributed by atoms with E-state index in [0.29, 0.717) is 6.54 Å². The molecule has 1 heterocycles. The van der Waals surface area contributed by atoms with Gasteiger partial charge in [-0.1, -0.05) is 12.2 Å². The number of thioether (sulfide) groups is 1. The number of furan rings is 1. The highest BCUT2D eigenvalue weighted by Crippen LogP contribution is 2.00. The molecule has 4 nitrogen and oxygen atoms in total. The fraction of sp³-hybridized carbons (Fsp3) is 0.400. The van der Waals surface area contributed by atoms with E-state index in [-0.39, 0.29) is 0 Å². The number of hydrogen-bond acceptors (Lipinski definition) is 3. The fourth-order valence-corrected chi connectivity index (χ4v) is 2.04. The zero-order chi connectivity index (χ0) is 14.5. The lowest BCUT2D eigenvalue weighted by atomic mass is 10.3. The summed E-state index contributed by atoms with van der Waals surface area (Å²) in [6.45, 7) is 9.67. The van der Waals surface area contributed by atoms with Crippen molar-refractivity contribution in [2.45, 2.75) is 6.42 Å². The average Bonchev–Trinajstić information content (AvgIpc) is 2.97. The van der Waals surface area contributed by atoms with Crippen LogP contribution in [0.5, 0.6) is 0 Å². The molecule has 0 aliphatic carbocycles. The van der Waals surface area contributed by atoms with E-state index < -0.39 is 0 Å². The van der Waals surface area contributed by atoms with Crippen molar-refractivity contribution < 1.29 is 4.42 Å². The molecular weight excluding hydrogens is 270 g/mol. The van der Waals surface area contributed by atoms with Crippen LogP contribution in [0.1, 0.15) is 5.76 Å². The van der Waals surface area contributed by atoms with Gasteiger partial charge in [0, 0.05) is 31.0 Å². The van der Waals surface area contributed by atoms with Gasteiger partial charge in [-0.15, -0.1) is 13.2 Å². The Bertz CT molecular complexity index is 401. The summed E-state index contributed by atoms with van der Waals surface area (Å²) in [7, 11) is 0. The standard InChI is InChI=1S/C15H23N3OS/c1-3-8-16-15(18-10-13-20-12-4-2)17-9-7-14-6-5-11-19-14/h3-6,11H,1-2,7-10,12-13H2,(H2,16,17,18). The first-order valence-corrected chi connectivity index (χ1v) is 7.86. The summed E-state index contributed by atoms with van der Waals surface area (Å²) >= 11 is 1.83. The van der Waals surface area contributed by atoms with Gasteiger partial charge in [-0.25, -0.2) is 0 Å². The van der Waals surface area contributed by atoms with Crippen molar-refractivity contribution in [1.29, 1.82) is 0 Å². The maximum absolute atomic E-state index is 5.29. The molecule has 0 radical (unpaired) electrons. The van der Waals surface area contributed by atoms with Crippen LogP contribution in [0.3, 0.4) is 0 Å². The van der Waals surface area contributed by atoms with Crippen LogP contribution in [0.4, 0.5) is 0 Å². The lowest BCUT2D eigenvalue weighted by Gasteiger charge is -2.10. The van der Waals surface area contributed by atoms with Gasteiger partial charge in [0.1, 0.15) is 5.76 Å². The summed E-state index contributed by atoms with van der Waals surface area (Å²) in [6, 6.07) is 3.87. The molecule has 110 valence electrons. The summed E-state index contributed by atoms with van der Waals surface area (Å²) in [5.74, 6) is 3.75. The lowest BCUT2D eigenvalue weighted by Crippen LogP contribution is -2.38. The molecule has 0 amide bonds. The fourth-order valence-electron chi connectivity index (χ4n) is 1.49. The van der Waals surface area contributed by atoms with Gasteiger partial charge in [0.05, 0.1) is 12.8 Å². The van der Waals surface area contributed by atoms with Crippen molar-refractivity contribution in [1.82, 2.24) is 10.6 Å². The van der Waals surface area contributed by atoms with Crippen LogP contribution in [0, 0.1) is 0 Å². The molecule has 2 N–H and O–H groups in total. The first-order chi connectivity index (χ1) is 9.86. The molecule has 1 aromatic rings. The van der Waals surface area contributed by atoms with Crippen LogP contribution in [-0.2, 0) is 6.42 Å². The normalized spacial score (nSPS) is 11.1. The molecule has 1 aromatic heterocycles. The highest BCUT2D eigenvalue weighted by atomic mass is 32.2. The van der Waals surface area contributed by atoms with Crippen LogP contribution < -0.4 is 10.6 Å². The van der Waals surface area contributed by atoms with Crippen LogP contribution in [-0.4, -0.2) is 37.1 Å². The highest BCUT2D eigenvalue weighted by Gasteiger charge is 1.99. The Morgan fingerprint density at radius 1 is 1.35 bits per heavy atom. The Morgan fingerprint density at radius 3 is 2.95 bits per heavy atom. The van der Waals surface area contributed by atoms with Crippen molar-refractivity contribution in [2.75, 3.05) is 31.1 Å². The third-order valence-corrected chi connectivity index (χ3v) is 3.34. The lowest BCUT2D eigenvalue weighted by molar-refractivity contribution is 0.507. The van der Waals surface area contributed by atoms with Crippen molar-refractivity contribution in [2.24, 2.45) is 4.99 Å². The van der Waals surface area contributed by atoms with E-state index in [1.165, 1.54) is 0 Å². The first kappa shape index (κ1) is 16.4. The first-order valence-electron chi connectivity index (χ1n) is 6.71. The monoisotopic (exact) mass is 293 g/mol. The molecule has 5 heteroatoms. The third-order valence-electron chi connectivity index (χ3n) is 2.40. The Hall–Kier alpha value is -1.62. The number of nitrogens with zero attached hydrogens (tertiary/aromatic N) is 1. The average molecular weight is 293 g/mol. The van der Waals surface area contributed by atoms with E-state index in [2.05, 4.69) is 28.8 Å². The zero-order valence-corrected chi connectivity index (χ0v) is 12.6. The molecule has 0 unspecified atom stereocenters. The molecule has 0 fully saturated rings. The minimum Gasteiger partial charge on any atom is -0.469 e. The Kier molecular flexibility index (Phi) is 9.23. The largest absolute Gasteiger partial charge is 0.469 e. The van der Waals surface area contributed by atoms with Crippen molar-refractivity contribution in [3.05, 3.63) is 49.5 Å². The van der Waals surface area contributed by atoms with Gasteiger partial charge < -0.3 is 15.1 Å². The quantitative estimate of drug-likeness (QED) is 0.301. The topological polar surface area (TPSA) is 49.6 Å². The molecule has 0 spiro atoms. The van der Waals surface area contributed by atoms with Crippen LogP contribution >= 0.6 is 11.8 Å². The summed E-state index contributed by atoms with van der Waals surface area (Å²) < 4.78 is 5.29. The molecule has 0 atom stereocenters. The van der Waals surface area contributed by atoms with Crippen LogP contribution in [0.25, 0.3) is 0 Å². The van der Waals surface area contributed by atoms with E-state index in [4.69, 9.17) is 4.42 Å². The number of nitrogens with one attached hydrogen (secondary N) is 2. The summed E-state index contributed by atoms with van der Waals surface area (Å²) in [4.78, 5) is 4.51. The SMILES string of the molecule is C=CCNC(=NCCSCC=C)NCCc1ccco1. The molecular formula is C15H23N3OS. The number of rotatable bonds is 10. The van der Waals surface area contributed by atoms with Gasteiger partial charge in [0.25, 0.3) is 0 Å². The molecule has 1 rings (SSSR count). The minimum atomic E-state index is 0.701. The number of hydrogen-bond donors (Lipinski definition) is 2. The number of aliphatic imine (C=N–C) groups is 1. The predicted octanol–water partition coefficient (Wildman–Crippen LogP) is 2.46. The second-order valence-electron chi connectivity index (χ2n) is 4.02. The zero-order valence-electron chi connectivity index (χ0n) is 11.8. The van der Waals surface area contributed by atoms with E-state index in [1.54, 1.807) is 6.26 Å². The molecule has 0 saturated carbocycles. The molecule has 0 aromatic carbocycles. The van der Waals surface area contributed by atoms with Crippen molar-refractivity contribution >= 4 is 17.7 Å². The second kappa shape index (κ2) is 11.2. The van der Waals surface area contributed by atoms with E-state index >= 15 is 0 Å². The smallest absolute Gasteiger partial charge is 0.191 e. The van der Waals surface area contributed by atoms with E-state index in [0.717, 1.165) is 42.7 Å². The number of guanidine groups is 1. The van der Waals surface area contributed by atoms with Gasteiger partial charge in [0.15, 0.2) is 5.96 Å². The van der Waals surface area contributed by atoms with Gasteiger partial charge >= 0.3 is 0 Å². The molecule has 0 saturated heterocycles. The van der Waals surface area contributed by atoms with Gasteiger partial charge in [0.2, 0.25) is 0 Å². The predicted molar refractivity (Wildman–Crippen MR) is 88.4 cm³/mol. The van der Waals surface area contributed by atoms with Crippen molar-refractivity contribution in [3.63, 3.8) is 0 Å². The Morgan fingerprint density at radius 2 is 2.25 bits per heavy atom. The van der Waals surface area contributed by atoms with Crippen LogP contribution in [0.2, 0.25) is 0 Å². The van der Waals surface area contributed by atoms with E-state index in [1.807, 2.05) is 36.0 Å². The molecule has 0 aliphatic rings. The van der Waals surface area contributed by atoms with Gasteiger partial charge in [-0.2, -0.15) is 11.8 Å². The Balaban J connectivity index is 2.28. The van der Waals surface area contributed by atoms with Crippen LogP contribution in [0.15, 0.2) is 53.1 Å². The third kappa shape index (κ3) is 7.74. The maximum Gasteiger partial charge on any atom is 0.191 e. The molecule has 20 heavy (non-hydrogen) atoms. The molecule has 0 aliphatic heterocycles. The van der Waals surface area contributed by atoms with Gasteiger partial charge in [-0.05, 0) is 12.1 Å². The maximum atomic E-state index is 5.29. The highest BCUT2D eigenvalue weighted by molar-refractivity contribution is 7.99. The van der Waals surface area contributed by atoms with E-state index in [9.17, 15) is 0 Å². The second-order valence-corrected chi connectivity index (χ2v) is 5.17. The molecule has 0 bridgehead atoms. The summed E-state index contributed by atoms with van der Waals surface area (Å²) in [6.07, 6.45) is 6.26. The van der Waals surface area contributed by atoms with Gasteiger partial charge in [-0.3, -0.25) is 4.99 Å². The Labute approximate surface area is 125 Å². The van der Waals surface area contributed by atoms with Crippen molar-refractivity contribution in [3.8, 4) is 0 Å². The summed E-state index contributed by atoms with van der Waals surface area (Å²) in [5.41, 5.74) is 0. The summed E-state index contributed by atoms with van der Waals surface area (Å²) in [5, 5.41) is 6.49. The minimum absolute atomic E-state index is 0.701.